The van der Waals surface area contributed by atoms with Crippen LogP contribution in [0.3, 0.4) is 0 Å². The Balaban J connectivity index is 3.62. The first kappa shape index (κ1) is 10.7. The van der Waals surface area contributed by atoms with Crippen LogP contribution in [0.1, 0.15) is 0 Å². The molecule has 0 fully saturated rings. The Hall–Kier alpha value is -1.30. The molecule has 0 aliphatic rings. The molecule has 2 N–H and O–H groups in total. The van der Waals surface area contributed by atoms with Crippen LogP contribution >= 0.6 is 0 Å². The lowest BCUT2D eigenvalue weighted by Crippen LogP contribution is -1.67. The van der Waals surface area contributed by atoms with Crippen molar-refractivity contribution in [3.63, 3.8) is 0 Å². The van der Waals surface area contributed by atoms with E-state index in [-0.39, 0.29) is 13.2 Å². The Labute approximate surface area is 72.5 Å². The molecule has 0 aromatic rings. The van der Waals surface area contributed by atoms with Gasteiger partial charge in [0.25, 0.3) is 0 Å². The van der Waals surface area contributed by atoms with Gasteiger partial charge in [-0.3, -0.25) is 0 Å². The summed E-state index contributed by atoms with van der Waals surface area (Å²) in [7, 11) is 0. The number of rotatable bonds is 3. The predicted octanol–water partition coefficient (Wildman–Crippen LogP) is 0.643. The highest BCUT2D eigenvalue weighted by atomic mass is 16.3. The van der Waals surface area contributed by atoms with Crippen LogP contribution in [0.2, 0.25) is 0 Å². The second-order valence-electron chi connectivity index (χ2n) is 1.84. The van der Waals surface area contributed by atoms with Crippen molar-refractivity contribution in [2.24, 2.45) is 0 Å². The van der Waals surface area contributed by atoms with Crippen molar-refractivity contribution in [1.29, 1.82) is 0 Å². The van der Waals surface area contributed by atoms with Gasteiger partial charge in [-0.25, -0.2) is 0 Å². The molecular weight excluding hydrogens is 152 g/mol. The van der Waals surface area contributed by atoms with E-state index in [0.717, 1.165) is 0 Å². The third-order valence-electron chi connectivity index (χ3n) is 0.922. The molecule has 2 nitrogen and oxygen atoms in total. The maximum atomic E-state index is 8.34. The molecule has 0 heterocycles. The fraction of sp³-hybridized carbons (Fsp3) is 0.200. The largest absolute Gasteiger partial charge is 0.392 e. The number of hydrogen-bond donors (Lipinski definition) is 2. The highest BCUT2D eigenvalue weighted by molar-refractivity contribution is 5.25. The second kappa shape index (κ2) is 9.70. The zero-order chi connectivity index (χ0) is 9.07. The Morgan fingerprint density at radius 2 is 1.50 bits per heavy atom. The Bertz CT molecular complexity index is 226. The molecule has 0 amide bonds. The lowest BCUT2D eigenvalue weighted by atomic mass is 10.4. The molecule has 0 aromatic heterocycles. The summed E-state index contributed by atoms with van der Waals surface area (Å²) >= 11 is 0. The summed E-state index contributed by atoms with van der Waals surface area (Å²) in [5.74, 6) is 5.41. The van der Waals surface area contributed by atoms with E-state index < -0.39 is 0 Å². The van der Waals surface area contributed by atoms with E-state index in [1.54, 1.807) is 36.5 Å². The molecule has 2 heteroatoms. The summed E-state index contributed by atoms with van der Waals surface area (Å²) in [4.78, 5) is 0. The molecule has 0 rings (SSSR count). The molecule has 0 radical (unpaired) electrons. The normalized spacial score (nSPS) is 11.2. The van der Waals surface area contributed by atoms with Crippen molar-refractivity contribution in [1.82, 2.24) is 0 Å². The van der Waals surface area contributed by atoms with Gasteiger partial charge in [-0.05, 0) is 12.2 Å². The lowest BCUT2D eigenvalue weighted by molar-refractivity contribution is 0.342. The van der Waals surface area contributed by atoms with E-state index in [2.05, 4.69) is 11.8 Å². The first-order valence-electron chi connectivity index (χ1n) is 3.61. The van der Waals surface area contributed by atoms with Crippen molar-refractivity contribution in [3.8, 4) is 11.8 Å². The number of aliphatic hydroxyl groups is 2. The van der Waals surface area contributed by atoms with E-state index in [1.807, 2.05) is 0 Å². The number of allylic oxidation sites excluding steroid dienone is 4. The van der Waals surface area contributed by atoms with E-state index in [4.69, 9.17) is 10.2 Å². The molecule has 0 saturated heterocycles. The molecule has 0 bridgehead atoms. The highest BCUT2D eigenvalue weighted by Gasteiger charge is 1.62. The molecule has 0 aliphatic heterocycles. The van der Waals surface area contributed by atoms with Crippen molar-refractivity contribution < 1.29 is 10.2 Å². The molecule has 0 unspecified atom stereocenters. The van der Waals surface area contributed by atoms with Crippen molar-refractivity contribution in [2.45, 2.75) is 0 Å². The second-order valence-corrected chi connectivity index (χ2v) is 1.84. The third kappa shape index (κ3) is 8.70. The minimum Gasteiger partial charge on any atom is -0.392 e. The minimum absolute atomic E-state index is 0.0167. The molecule has 0 aromatic carbocycles. The van der Waals surface area contributed by atoms with Gasteiger partial charge in [-0.15, -0.1) is 0 Å². The third-order valence-corrected chi connectivity index (χ3v) is 0.922. The topological polar surface area (TPSA) is 40.5 Å². The van der Waals surface area contributed by atoms with Gasteiger partial charge in [-0.2, -0.15) is 0 Å². The van der Waals surface area contributed by atoms with Crippen molar-refractivity contribution in [2.75, 3.05) is 13.2 Å². The van der Waals surface area contributed by atoms with E-state index in [1.165, 1.54) is 0 Å². The highest BCUT2D eigenvalue weighted by Crippen LogP contribution is 1.75. The van der Waals surface area contributed by atoms with Crippen LogP contribution in [0.5, 0.6) is 0 Å². The summed E-state index contributed by atoms with van der Waals surface area (Å²) in [5, 5.41) is 16.7. The summed E-state index contributed by atoms with van der Waals surface area (Å²) in [5.41, 5.74) is 0. The molecule has 64 valence electrons. The van der Waals surface area contributed by atoms with Crippen molar-refractivity contribution in [3.05, 3.63) is 36.5 Å². The average molecular weight is 164 g/mol. The smallest absolute Gasteiger partial charge is 0.0621 e. The molecule has 0 saturated carbocycles. The SMILES string of the molecule is OC/C=C/C#C/C=C/C=C/CO. The van der Waals surface area contributed by atoms with Gasteiger partial charge >= 0.3 is 0 Å². The maximum Gasteiger partial charge on any atom is 0.0621 e. The molecule has 12 heavy (non-hydrogen) atoms. The number of aliphatic hydroxyl groups excluding tert-OH is 2. The standard InChI is InChI=1S/C10H12O2/c11-9-7-5-3-1-2-4-6-8-10-12/h1,3,5-8,11-12H,9-10H2/b3-1+,7-5+,8-6+. The zero-order valence-electron chi connectivity index (χ0n) is 6.77. The molecule has 0 atom stereocenters. The van der Waals surface area contributed by atoms with Gasteiger partial charge in [0.05, 0.1) is 13.2 Å². The molecule has 0 aliphatic carbocycles. The fourth-order valence-corrected chi connectivity index (χ4v) is 0.451. The maximum absolute atomic E-state index is 8.34. The summed E-state index contributed by atoms with van der Waals surface area (Å²) in [6.45, 7) is 0.0605. The first-order valence-corrected chi connectivity index (χ1v) is 3.61. The monoisotopic (exact) mass is 164 g/mol. The predicted molar refractivity (Wildman–Crippen MR) is 49.4 cm³/mol. The van der Waals surface area contributed by atoms with E-state index in [0.29, 0.717) is 0 Å². The lowest BCUT2D eigenvalue weighted by Gasteiger charge is -1.72. The Morgan fingerprint density at radius 3 is 2.17 bits per heavy atom. The van der Waals surface area contributed by atoms with Gasteiger partial charge in [0.2, 0.25) is 0 Å². The van der Waals surface area contributed by atoms with Gasteiger partial charge in [0, 0.05) is 0 Å². The van der Waals surface area contributed by atoms with Gasteiger partial charge in [0.15, 0.2) is 0 Å². The minimum atomic E-state index is 0.0167. The number of hydrogen-bond acceptors (Lipinski definition) is 2. The van der Waals surface area contributed by atoms with Crippen LogP contribution in [0.15, 0.2) is 36.5 Å². The summed E-state index contributed by atoms with van der Waals surface area (Å²) in [6.07, 6.45) is 9.86. The van der Waals surface area contributed by atoms with Gasteiger partial charge < -0.3 is 10.2 Å². The Morgan fingerprint density at radius 1 is 0.833 bits per heavy atom. The van der Waals surface area contributed by atoms with Crippen molar-refractivity contribution >= 4 is 0 Å². The van der Waals surface area contributed by atoms with Crippen LogP contribution in [0.25, 0.3) is 0 Å². The van der Waals surface area contributed by atoms with Gasteiger partial charge in [-0.1, -0.05) is 36.1 Å². The molecule has 0 spiro atoms. The zero-order valence-corrected chi connectivity index (χ0v) is 6.77. The first-order chi connectivity index (χ1) is 5.91. The Kier molecular flexibility index (Phi) is 8.65. The van der Waals surface area contributed by atoms with Gasteiger partial charge in [0.1, 0.15) is 0 Å². The van der Waals surface area contributed by atoms with Crippen LogP contribution < -0.4 is 0 Å². The van der Waals surface area contributed by atoms with Crippen LogP contribution in [0, 0.1) is 11.8 Å². The van der Waals surface area contributed by atoms with Crippen LogP contribution in [-0.4, -0.2) is 23.4 Å². The van der Waals surface area contributed by atoms with Crippen LogP contribution in [-0.2, 0) is 0 Å². The van der Waals surface area contributed by atoms with E-state index >= 15 is 0 Å². The van der Waals surface area contributed by atoms with E-state index in [9.17, 15) is 0 Å². The summed E-state index contributed by atoms with van der Waals surface area (Å²) < 4.78 is 0. The quantitative estimate of drug-likeness (QED) is 0.475. The fourth-order valence-electron chi connectivity index (χ4n) is 0.451. The average Bonchev–Trinajstić information content (AvgIpc) is 2.10. The summed E-state index contributed by atoms with van der Waals surface area (Å²) in [6, 6.07) is 0. The molecular formula is C10H12O2. The van der Waals surface area contributed by atoms with Crippen LogP contribution in [0.4, 0.5) is 0 Å².